The number of rotatable bonds is 4. The molecule has 1 aromatic carbocycles. The second kappa shape index (κ2) is 7.76. The normalized spacial score (nSPS) is 17.5. The SMILES string of the molecule is COC(=O)c1cccc(NC(=O)CC(=O)N2CCCC(C)C2)c1. The van der Waals surface area contributed by atoms with Crippen molar-refractivity contribution < 1.29 is 19.1 Å². The van der Waals surface area contributed by atoms with Crippen LogP contribution in [0.4, 0.5) is 5.69 Å². The molecule has 1 saturated heterocycles. The first-order chi connectivity index (χ1) is 11.0. The van der Waals surface area contributed by atoms with Crippen LogP contribution in [0.2, 0.25) is 0 Å². The number of carbonyl (C=O) groups excluding carboxylic acids is 3. The fourth-order valence-electron chi connectivity index (χ4n) is 2.71. The Hall–Kier alpha value is -2.37. The quantitative estimate of drug-likeness (QED) is 0.681. The first kappa shape index (κ1) is 17.0. The lowest BCUT2D eigenvalue weighted by molar-refractivity contribution is -0.136. The van der Waals surface area contributed by atoms with Gasteiger partial charge in [-0.1, -0.05) is 13.0 Å². The molecule has 0 saturated carbocycles. The monoisotopic (exact) mass is 318 g/mol. The summed E-state index contributed by atoms with van der Waals surface area (Å²) in [4.78, 5) is 37.4. The topological polar surface area (TPSA) is 75.7 Å². The molecule has 1 unspecified atom stereocenters. The second-order valence-electron chi connectivity index (χ2n) is 5.88. The third-order valence-electron chi connectivity index (χ3n) is 3.89. The van der Waals surface area contributed by atoms with Gasteiger partial charge in [-0.25, -0.2) is 4.79 Å². The molecule has 0 spiro atoms. The summed E-state index contributed by atoms with van der Waals surface area (Å²) >= 11 is 0. The van der Waals surface area contributed by atoms with Crippen LogP contribution in [0.1, 0.15) is 36.5 Å². The van der Waals surface area contributed by atoms with Crippen molar-refractivity contribution in [3.05, 3.63) is 29.8 Å². The lowest BCUT2D eigenvalue weighted by Crippen LogP contribution is -2.40. The predicted molar refractivity (Wildman–Crippen MR) is 86.0 cm³/mol. The number of carbonyl (C=O) groups is 3. The third-order valence-corrected chi connectivity index (χ3v) is 3.89. The smallest absolute Gasteiger partial charge is 0.337 e. The zero-order valence-corrected chi connectivity index (χ0v) is 13.5. The maximum absolute atomic E-state index is 12.2. The van der Waals surface area contributed by atoms with Crippen LogP contribution in [0.25, 0.3) is 0 Å². The minimum Gasteiger partial charge on any atom is -0.465 e. The van der Waals surface area contributed by atoms with Gasteiger partial charge in [-0.2, -0.15) is 0 Å². The Morgan fingerprint density at radius 1 is 1.35 bits per heavy atom. The summed E-state index contributed by atoms with van der Waals surface area (Å²) in [6, 6.07) is 6.44. The van der Waals surface area contributed by atoms with E-state index in [-0.39, 0.29) is 18.2 Å². The fraction of sp³-hybridized carbons (Fsp3) is 0.471. The molecule has 1 atom stereocenters. The number of piperidine rings is 1. The Bertz CT molecular complexity index is 600. The van der Waals surface area contributed by atoms with E-state index >= 15 is 0 Å². The molecule has 1 fully saturated rings. The van der Waals surface area contributed by atoms with Crippen LogP contribution in [0, 0.1) is 5.92 Å². The standard InChI is InChI=1S/C17H22N2O4/c1-12-5-4-8-19(11-12)16(21)10-15(20)18-14-7-3-6-13(9-14)17(22)23-2/h3,6-7,9,12H,4-5,8,10-11H2,1-2H3,(H,18,20). The molecular weight excluding hydrogens is 296 g/mol. The summed E-state index contributed by atoms with van der Waals surface area (Å²) in [6.07, 6.45) is 1.92. The number of methoxy groups -OCH3 is 1. The average molecular weight is 318 g/mol. The predicted octanol–water partition coefficient (Wildman–Crippen LogP) is 2.06. The van der Waals surface area contributed by atoms with Crippen molar-refractivity contribution >= 4 is 23.5 Å². The van der Waals surface area contributed by atoms with Crippen molar-refractivity contribution in [2.45, 2.75) is 26.2 Å². The molecule has 1 aliphatic rings. The van der Waals surface area contributed by atoms with Crippen LogP contribution in [-0.2, 0) is 14.3 Å². The Kier molecular flexibility index (Phi) is 5.73. The van der Waals surface area contributed by atoms with E-state index < -0.39 is 5.97 Å². The van der Waals surface area contributed by atoms with Crippen LogP contribution in [0.3, 0.4) is 0 Å². The molecule has 2 amide bonds. The highest BCUT2D eigenvalue weighted by atomic mass is 16.5. The van der Waals surface area contributed by atoms with Gasteiger partial charge in [-0.05, 0) is 37.0 Å². The van der Waals surface area contributed by atoms with Gasteiger partial charge in [0.05, 0.1) is 12.7 Å². The van der Waals surface area contributed by atoms with Gasteiger partial charge in [0.1, 0.15) is 6.42 Å². The van der Waals surface area contributed by atoms with Crippen molar-refractivity contribution in [3.63, 3.8) is 0 Å². The molecule has 1 aliphatic heterocycles. The molecule has 1 N–H and O–H groups in total. The van der Waals surface area contributed by atoms with Crippen molar-refractivity contribution in [2.24, 2.45) is 5.92 Å². The number of likely N-dealkylation sites (tertiary alicyclic amines) is 1. The van der Waals surface area contributed by atoms with E-state index in [4.69, 9.17) is 0 Å². The van der Waals surface area contributed by atoms with Crippen LogP contribution >= 0.6 is 0 Å². The van der Waals surface area contributed by atoms with Crippen LogP contribution in [-0.4, -0.2) is 42.9 Å². The molecule has 6 nitrogen and oxygen atoms in total. The minimum atomic E-state index is -0.473. The van der Waals surface area contributed by atoms with Gasteiger partial charge in [-0.3, -0.25) is 9.59 Å². The van der Waals surface area contributed by atoms with Crippen LogP contribution < -0.4 is 5.32 Å². The molecular formula is C17H22N2O4. The lowest BCUT2D eigenvalue weighted by atomic mass is 10.00. The number of hydrogen-bond acceptors (Lipinski definition) is 4. The fourth-order valence-corrected chi connectivity index (χ4v) is 2.71. The van der Waals surface area contributed by atoms with E-state index in [1.807, 2.05) is 0 Å². The molecule has 0 radical (unpaired) electrons. The first-order valence-corrected chi connectivity index (χ1v) is 7.75. The average Bonchev–Trinajstić information content (AvgIpc) is 2.54. The highest BCUT2D eigenvalue weighted by Gasteiger charge is 2.22. The molecule has 124 valence electrons. The number of esters is 1. The minimum absolute atomic E-state index is 0.154. The van der Waals surface area contributed by atoms with Crippen LogP contribution in [0.5, 0.6) is 0 Å². The molecule has 1 heterocycles. The van der Waals surface area contributed by atoms with Crippen molar-refractivity contribution in [1.29, 1.82) is 0 Å². The van der Waals surface area contributed by atoms with Gasteiger partial charge >= 0.3 is 5.97 Å². The van der Waals surface area contributed by atoms with Gasteiger partial charge in [-0.15, -0.1) is 0 Å². The van der Waals surface area contributed by atoms with Gasteiger partial charge in [0.15, 0.2) is 0 Å². The Labute approximate surface area is 135 Å². The Morgan fingerprint density at radius 2 is 2.13 bits per heavy atom. The Balaban J connectivity index is 1.91. The number of benzene rings is 1. The van der Waals surface area contributed by atoms with E-state index in [0.717, 1.165) is 12.8 Å². The Morgan fingerprint density at radius 3 is 2.83 bits per heavy atom. The van der Waals surface area contributed by atoms with Gasteiger partial charge < -0.3 is 15.0 Å². The number of nitrogens with zero attached hydrogens (tertiary/aromatic N) is 1. The van der Waals surface area contributed by atoms with Gasteiger partial charge in [0.2, 0.25) is 11.8 Å². The van der Waals surface area contributed by atoms with Crippen molar-refractivity contribution in [1.82, 2.24) is 4.90 Å². The van der Waals surface area contributed by atoms with E-state index in [1.165, 1.54) is 13.2 Å². The number of anilines is 1. The third kappa shape index (κ3) is 4.81. The summed E-state index contributed by atoms with van der Waals surface area (Å²) in [5, 5.41) is 2.65. The largest absolute Gasteiger partial charge is 0.465 e. The van der Waals surface area contributed by atoms with Crippen molar-refractivity contribution in [2.75, 3.05) is 25.5 Å². The molecule has 0 aromatic heterocycles. The maximum atomic E-state index is 12.2. The highest BCUT2D eigenvalue weighted by molar-refractivity contribution is 6.04. The zero-order valence-electron chi connectivity index (χ0n) is 13.5. The molecule has 0 aliphatic carbocycles. The maximum Gasteiger partial charge on any atom is 0.337 e. The van der Waals surface area contributed by atoms with Crippen LogP contribution in [0.15, 0.2) is 24.3 Å². The van der Waals surface area contributed by atoms with E-state index in [9.17, 15) is 14.4 Å². The number of nitrogens with one attached hydrogen (secondary N) is 1. The molecule has 1 aromatic rings. The molecule has 2 rings (SSSR count). The zero-order chi connectivity index (χ0) is 16.8. The summed E-state index contributed by atoms with van der Waals surface area (Å²) in [5.41, 5.74) is 0.819. The number of ether oxygens (including phenoxy) is 1. The number of amides is 2. The first-order valence-electron chi connectivity index (χ1n) is 7.75. The number of hydrogen-bond donors (Lipinski definition) is 1. The second-order valence-corrected chi connectivity index (χ2v) is 5.88. The summed E-state index contributed by atoms with van der Waals surface area (Å²) < 4.78 is 4.64. The highest BCUT2D eigenvalue weighted by Crippen LogP contribution is 2.17. The summed E-state index contributed by atoms with van der Waals surface area (Å²) in [7, 11) is 1.30. The van der Waals surface area contributed by atoms with Gasteiger partial charge in [0.25, 0.3) is 0 Å². The molecule has 0 bridgehead atoms. The van der Waals surface area contributed by atoms with Crippen molar-refractivity contribution in [3.8, 4) is 0 Å². The van der Waals surface area contributed by atoms with E-state index in [1.54, 1.807) is 23.1 Å². The lowest BCUT2D eigenvalue weighted by Gasteiger charge is -2.30. The molecule has 23 heavy (non-hydrogen) atoms. The van der Waals surface area contributed by atoms with E-state index in [0.29, 0.717) is 30.3 Å². The summed E-state index contributed by atoms with van der Waals surface area (Å²) in [6.45, 7) is 3.54. The van der Waals surface area contributed by atoms with E-state index in [2.05, 4.69) is 17.0 Å². The summed E-state index contributed by atoms with van der Waals surface area (Å²) in [5.74, 6) is -0.527. The van der Waals surface area contributed by atoms with Gasteiger partial charge in [0, 0.05) is 18.8 Å². The molecule has 6 heteroatoms.